The van der Waals surface area contributed by atoms with E-state index in [-0.39, 0.29) is 50.7 Å². The molecule has 0 atom stereocenters. The molecule has 3 aromatic rings. The van der Waals surface area contributed by atoms with Crippen molar-refractivity contribution in [2.24, 2.45) is 5.41 Å². The van der Waals surface area contributed by atoms with Gasteiger partial charge in [-0.15, -0.1) is 34.5 Å². The molecule has 0 fully saturated rings. The Morgan fingerprint density at radius 2 is 1.37 bits per heavy atom. The van der Waals surface area contributed by atoms with Crippen molar-refractivity contribution in [1.29, 1.82) is 0 Å². The zero-order chi connectivity index (χ0) is 19.9. The van der Waals surface area contributed by atoms with Crippen LogP contribution >= 0.6 is 0 Å². The topological polar surface area (TPSA) is 0 Å². The van der Waals surface area contributed by atoms with Crippen molar-refractivity contribution in [3.05, 3.63) is 68.8 Å². The number of rotatable bonds is 1. The smallest absolute Gasteiger partial charge is 1.00 e. The second kappa shape index (κ2) is 11.5. The zero-order valence-electron chi connectivity index (χ0n) is 19.9. The molecule has 0 radical (unpaired) electrons. The average molecular weight is 610 g/mol. The van der Waals surface area contributed by atoms with E-state index in [1.807, 2.05) is 0 Å². The van der Waals surface area contributed by atoms with Gasteiger partial charge in [0.15, 0.2) is 0 Å². The van der Waals surface area contributed by atoms with Crippen molar-refractivity contribution in [2.45, 2.75) is 81.1 Å². The van der Waals surface area contributed by atoms with Gasteiger partial charge in [-0.25, -0.2) is 0 Å². The monoisotopic (exact) mass is 610 g/mol. The van der Waals surface area contributed by atoms with E-state index >= 15 is 0 Å². The minimum atomic E-state index is 0. The third kappa shape index (κ3) is 6.33. The molecular formula is C27H36Cl2Hf. The average Bonchev–Trinajstić information content (AvgIpc) is 3.25. The van der Waals surface area contributed by atoms with E-state index in [9.17, 15) is 0 Å². The van der Waals surface area contributed by atoms with E-state index in [0.717, 1.165) is 0 Å². The summed E-state index contributed by atoms with van der Waals surface area (Å²) in [6.45, 7) is 18.0. The van der Waals surface area contributed by atoms with Gasteiger partial charge in [0.05, 0.1) is 0 Å². The molecule has 162 valence electrons. The largest absolute Gasteiger partial charge is 4.00 e. The second-order valence-electron chi connectivity index (χ2n) is 9.78. The van der Waals surface area contributed by atoms with Crippen LogP contribution in [0.1, 0.15) is 71.7 Å². The molecule has 1 aliphatic carbocycles. The summed E-state index contributed by atoms with van der Waals surface area (Å²) in [5.41, 5.74) is 12.4. The van der Waals surface area contributed by atoms with Gasteiger partial charge in [-0.2, -0.15) is 33.9 Å². The molecule has 0 aliphatic heterocycles. The molecular weight excluding hydrogens is 574 g/mol. The molecule has 3 heteroatoms. The van der Waals surface area contributed by atoms with Gasteiger partial charge in [0, 0.05) is 0 Å². The molecule has 0 nitrogen and oxygen atoms in total. The van der Waals surface area contributed by atoms with E-state index in [4.69, 9.17) is 0 Å². The van der Waals surface area contributed by atoms with E-state index in [2.05, 4.69) is 79.7 Å². The molecule has 0 saturated carbocycles. The van der Waals surface area contributed by atoms with Crippen LogP contribution in [0.4, 0.5) is 0 Å². The third-order valence-corrected chi connectivity index (χ3v) is 6.61. The van der Waals surface area contributed by atoms with Gasteiger partial charge in [0.1, 0.15) is 0 Å². The van der Waals surface area contributed by atoms with Gasteiger partial charge in [0.2, 0.25) is 0 Å². The second-order valence-corrected chi connectivity index (χ2v) is 9.78. The van der Waals surface area contributed by atoms with Crippen LogP contribution in [-0.4, -0.2) is 0 Å². The van der Waals surface area contributed by atoms with Crippen LogP contribution in [0, 0.1) is 40.0 Å². The molecule has 0 saturated heterocycles. The molecule has 0 spiro atoms. The first-order valence-corrected chi connectivity index (χ1v) is 10.5. The minimum absolute atomic E-state index is 0. The van der Waals surface area contributed by atoms with Gasteiger partial charge in [-0.05, 0) is 24.7 Å². The van der Waals surface area contributed by atoms with Crippen molar-refractivity contribution in [3.63, 3.8) is 0 Å². The quantitative estimate of drug-likeness (QED) is 0.291. The van der Waals surface area contributed by atoms with Crippen LogP contribution in [0.15, 0.2) is 24.3 Å². The Labute approximate surface area is 215 Å². The Balaban J connectivity index is 0.000000569. The van der Waals surface area contributed by atoms with Gasteiger partial charge in [0.25, 0.3) is 0 Å². The summed E-state index contributed by atoms with van der Waals surface area (Å²) < 4.78 is 0. The van der Waals surface area contributed by atoms with Crippen LogP contribution in [0.5, 0.6) is 0 Å². The fraction of sp³-hybridized carbons (Fsp3) is 0.481. The van der Waals surface area contributed by atoms with Crippen molar-refractivity contribution in [1.82, 2.24) is 0 Å². The Hall–Kier alpha value is -0.370. The predicted octanol–water partition coefficient (Wildman–Crippen LogP) is 1.59. The summed E-state index contributed by atoms with van der Waals surface area (Å²) in [6, 6.07) is 9.50. The summed E-state index contributed by atoms with van der Waals surface area (Å²) in [4.78, 5) is 0. The van der Waals surface area contributed by atoms with Crippen LogP contribution in [0.25, 0.3) is 10.8 Å². The van der Waals surface area contributed by atoms with Gasteiger partial charge >= 0.3 is 25.8 Å². The first kappa shape index (κ1) is 29.6. The van der Waals surface area contributed by atoms with E-state index in [1.165, 1.54) is 69.8 Å². The van der Waals surface area contributed by atoms with Crippen LogP contribution in [0.2, 0.25) is 0 Å². The Morgan fingerprint density at radius 3 is 1.80 bits per heavy atom. The number of halogens is 2. The number of aryl methyl sites for hydroxylation is 2. The Morgan fingerprint density at radius 1 is 0.867 bits per heavy atom. The van der Waals surface area contributed by atoms with Gasteiger partial charge in [-0.3, -0.25) is 0 Å². The van der Waals surface area contributed by atoms with Crippen molar-refractivity contribution >= 4 is 10.8 Å². The van der Waals surface area contributed by atoms with Crippen LogP contribution in [0.3, 0.4) is 0 Å². The normalized spacial score (nSPS) is 12.3. The van der Waals surface area contributed by atoms with E-state index < -0.39 is 0 Å². The maximum absolute atomic E-state index is 2.46. The SMILES string of the molecule is CC(C)(C)C[c-]1ccc2cc3c(cc21)CCC3.Cc1c(C)c(C)[c-](C)c1C.[Cl-].[Cl-].[Hf+4]. The molecule has 1 aliphatic rings. The van der Waals surface area contributed by atoms with Gasteiger partial charge in [-0.1, -0.05) is 72.9 Å². The molecule has 0 N–H and O–H groups in total. The van der Waals surface area contributed by atoms with Crippen molar-refractivity contribution in [2.75, 3.05) is 0 Å². The Bertz CT molecular complexity index is 887. The minimum Gasteiger partial charge on any atom is -1.00 e. The number of fused-ring (bicyclic) bond motifs is 2. The summed E-state index contributed by atoms with van der Waals surface area (Å²) >= 11 is 0. The molecule has 4 rings (SSSR count). The molecule has 3 aromatic carbocycles. The number of benzene rings is 1. The number of hydrogen-bond donors (Lipinski definition) is 0. The molecule has 0 heterocycles. The molecule has 0 aromatic heterocycles. The molecule has 0 bridgehead atoms. The maximum Gasteiger partial charge on any atom is 4.00 e. The molecule has 0 amide bonds. The summed E-state index contributed by atoms with van der Waals surface area (Å²) in [7, 11) is 0. The fourth-order valence-electron chi connectivity index (χ4n) is 4.47. The van der Waals surface area contributed by atoms with Crippen molar-refractivity contribution < 1.29 is 50.7 Å². The third-order valence-electron chi connectivity index (χ3n) is 6.61. The maximum atomic E-state index is 2.46. The van der Waals surface area contributed by atoms with E-state index in [0.29, 0.717) is 5.41 Å². The van der Waals surface area contributed by atoms with Gasteiger partial charge < -0.3 is 24.8 Å². The predicted molar refractivity (Wildman–Crippen MR) is 120 cm³/mol. The summed E-state index contributed by atoms with van der Waals surface area (Å²) in [6.07, 6.45) is 5.09. The summed E-state index contributed by atoms with van der Waals surface area (Å²) in [5.74, 6) is 0. The first-order chi connectivity index (χ1) is 12.6. The first-order valence-electron chi connectivity index (χ1n) is 10.5. The standard InChI is InChI=1S/C17H21.C10H15.2ClH.Hf/c1-17(2,3)11-15-8-7-14-9-12-5-4-6-13(12)10-16(14)15;1-6-7(2)9(4)10(5)8(6)3;;;/h7-10H,4-6,11H2,1-3H3;1-5H3;2*1H;/q2*-1;;;+4/p-2. The number of hydrogen-bond acceptors (Lipinski definition) is 0. The summed E-state index contributed by atoms with van der Waals surface area (Å²) in [5, 5.41) is 2.95. The fourth-order valence-corrected chi connectivity index (χ4v) is 4.47. The van der Waals surface area contributed by atoms with Crippen LogP contribution in [-0.2, 0) is 45.1 Å². The zero-order valence-corrected chi connectivity index (χ0v) is 25.0. The van der Waals surface area contributed by atoms with Crippen LogP contribution < -0.4 is 24.8 Å². The molecule has 0 unspecified atom stereocenters. The van der Waals surface area contributed by atoms with Crippen molar-refractivity contribution in [3.8, 4) is 0 Å². The molecule has 30 heavy (non-hydrogen) atoms. The Kier molecular flexibility index (Phi) is 11.3. The van der Waals surface area contributed by atoms with E-state index in [1.54, 1.807) is 11.1 Å².